The summed E-state index contributed by atoms with van der Waals surface area (Å²) in [4.78, 5) is 17.9. The quantitative estimate of drug-likeness (QED) is 0.837. The molecule has 1 fully saturated rings. The molecular formula is C18H25N5O. The van der Waals surface area contributed by atoms with Crippen LogP contribution in [0.1, 0.15) is 12.1 Å². The van der Waals surface area contributed by atoms with E-state index in [1.165, 1.54) is 0 Å². The molecule has 128 valence electrons. The molecule has 2 aromatic rings. The summed E-state index contributed by atoms with van der Waals surface area (Å²) in [6, 6.07) is 6.38. The summed E-state index contributed by atoms with van der Waals surface area (Å²) < 4.78 is 5.50. The molecule has 6 nitrogen and oxygen atoms in total. The molecule has 2 atom stereocenters. The van der Waals surface area contributed by atoms with E-state index >= 15 is 0 Å². The molecule has 2 aromatic heterocycles. The maximum atomic E-state index is 5.50. The normalized spacial score (nSPS) is 21.2. The van der Waals surface area contributed by atoms with E-state index in [1.807, 2.05) is 25.1 Å². The Kier molecular flexibility index (Phi) is 5.06. The van der Waals surface area contributed by atoms with Crippen LogP contribution in [0.5, 0.6) is 0 Å². The summed E-state index contributed by atoms with van der Waals surface area (Å²) in [7, 11) is 6.04. The molecule has 1 saturated heterocycles. The second-order valence-corrected chi connectivity index (χ2v) is 6.49. The van der Waals surface area contributed by atoms with Gasteiger partial charge in [0.1, 0.15) is 5.82 Å². The number of likely N-dealkylation sites (N-methyl/N-ethyl adjacent to an activating group) is 2. The van der Waals surface area contributed by atoms with Crippen LogP contribution in [0.3, 0.4) is 0 Å². The number of hydrogen-bond acceptors (Lipinski definition) is 6. The summed E-state index contributed by atoms with van der Waals surface area (Å²) in [5, 5.41) is 0. The number of likely N-dealkylation sites (tertiary alicyclic amines) is 1. The average Bonchev–Trinajstić information content (AvgIpc) is 2.95. The molecule has 0 N–H and O–H groups in total. The van der Waals surface area contributed by atoms with Crippen LogP contribution in [0, 0.1) is 6.92 Å². The van der Waals surface area contributed by atoms with Crippen molar-refractivity contribution in [2.45, 2.75) is 25.5 Å². The molecule has 0 aromatic carbocycles. The summed E-state index contributed by atoms with van der Waals surface area (Å²) in [6.45, 7) is 3.91. The first-order valence-electron chi connectivity index (χ1n) is 8.27. The highest BCUT2D eigenvalue weighted by molar-refractivity contribution is 5.57. The van der Waals surface area contributed by atoms with Gasteiger partial charge in [0, 0.05) is 63.0 Å². The molecule has 0 bridgehead atoms. The number of rotatable bonds is 5. The lowest BCUT2D eigenvalue weighted by molar-refractivity contribution is 0.111. The second-order valence-electron chi connectivity index (χ2n) is 6.49. The number of nitrogens with zero attached hydrogens (tertiary/aromatic N) is 5. The van der Waals surface area contributed by atoms with Crippen LogP contribution < -0.4 is 4.90 Å². The van der Waals surface area contributed by atoms with Gasteiger partial charge in [-0.25, -0.2) is 9.97 Å². The van der Waals surface area contributed by atoms with Crippen molar-refractivity contribution in [3.05, 3.63) is 36.3 Å². The Balaban J connectivity index is 1.78. The van der Waals surface area contributed by atoms with Crippen LogP contribution in [-0.2, 0) is 4.74 Å². The van der Waals surface area contributed by atoms with Gasteiger partial charge in [-0.1, -0.05) is 0 Å². The van der Waals surface area contributed by atoms with Crippen LogP contribution in [0.4, 0.5) is 5.82 Å². The van der Waals surface area contributed by atoms with Crippen molar-refractivity contribution in [3.8, 4) is 11.4 Å². The van der Waals surface area contributed by atoms with E-state index in [0.717, 1.165) is 42.4 Å². The molecule has 0 saturated carbocycles. The molecule has 0 amide bonds. The molecular weight excluding hydrogens is 302 g/mol. The lowest BCUT2D eigenvalue weighted by Gasteiger charge is -2.26. The third-order valence-electron chi connectivity index (χ3n) is 4.64. The Hall–Kier alpha value is -2.05. The van der Waals surface area contributed by atoms with Gasteiger partial charge in [0.15, 0.2) is 5.82 Å². The van der Waals surface area contributed by atoms with Gasteiger partial charge in [0.2, 0.25) is 0 Å². The van der Waals surface area contributed by atoms with Gasteiger partial charge in [-0.3, -0.25) is 9.88 Å². The van der Waals surface area contributed by atoms with Crippen LogP contribution in [0.15, 0.2) is 30.6 Å². The monoisotopic (exact) mass is 327 g/mol. The summed E-state index contributed by atoms with van der Waals surface area (Å²) in [5.74, 6) is 1.69. The number of aromatic nitrogens is 3. The fourth-order valence-electron chi connectivity index (χ4n) is 3.20. The van der Waals surface area contributed by atoms with Gasteiger partial charge >= 0.3 is 0 Å². The van der Waals surface area contributed by atoms with E-state index in [0.29, 0.717) is 12.1 Å². The van der Waals surface area contributed by atoms with E-state index in [4.69, 9.17) is 9.72 Å². The Morgan fingerprint density at radius 1 is 1.29 bits per heavy atom. The zero-order chi connectivity index (χ0) is 17.1. The maximum Gasteiger partial charge on any atom is 0.161 e. The highest BCUT2D eigenvalue weighted by Gasteiger charge is 2.30. The van der Waals surface area contributed by atoms with Crippen molar-refractivity contribution in [1.82, 2.24) is 19.9 Å². The van der Waals surface area contributed by atoms with E-state index < -0.39 is 0 Å². The van der Waals surface area contributed by atoms with Crippen molar-refractivity contribution in [2.24, 2.45) is 0 Å². The van der Waals surface area contributed by atoms with Crippen molar-refractivity contribution in [2.75, 3.05) is 39.2 Å². The number of pyridine rings is 1. The van der Waals surface area contributed by atoms with Crippen LogP contribution in [0.25, 0.3) is 11.4 Å². The summed E-state index contributed by atoms with van der Waals surface area (Å²) in [6.07, 6.45) is 4.91. The average molecular weight is 327 g/mol. The van der Waals surface area contributed by atoms with Crippen molar-refractivity contribution in [3.63, 3.8) is 0 Å². The first-order valence-corrected chi connectivity index (χ1v) is 8.27. The smallest absolute Gasteiger partial charge is 0.161 e. The second kappa shape index (κ2) is 7.23. The minimum Gasteiger partial charge on any atom is -0.380 e. The Bertz CT molecular complexity index is 678. The third kappa shape index (κ3) is 3.71. The highest BCUT2D eigenvalue weighted by atomic mass is 16.5. The summed E-state index contributed by atoms with van der Waals surface area (Å²) in [5.41, 5.74) is 1.95. The van der Waals surface area contributed by atoms with Crippen LogP contribution in [0.2, 0.25) is 0 Å². The topological polar surface area (TPSA) is 54.4 Å². The zero-order valence-electron chi connectivity index (χ0n) is 14.8. The first-order chi connectivity index (χ1) is 11.6. The maximum absolute atomic E-state index is 5.50. The van der Waals surface area contributed by atoms with E-state index in [2.05, 4.69) is 33.9 Å². The zero-order valence-corrected chi connectivity index (χ0v) is 14.8. The van der Waals surface area contributed by atoms with E-state index in [-0.39, 0.29) is 0 Å². The number of hydrogen-bond donors (Lipinski definition) is 0. The molecule has 0 spiro atoms. The van der Waals surface area contributed by atoms with Gasteiger partial charge in [0.25, 0.3) is 0 Å². The van der Waals surface area contributed by atoms with Crippen molar-refractivity contribution in [1.29, 1.82) is 0 Å². The molecule has 1 aliphatic heterocycles. The Morgan fingerprint density at radius 3 is 2.71 bits per heavy atom. The third-order valence-corrected chi connectivity index (χ3v) is 4.64. The van der Waals surface area contributed by atoms with Crippen molar-refractivity contribution < 1.29 is 4.74 Å². The lowest BCUT2D eigenvalue weighted by atomic mass is 10.2. The Morgan fingerprint density at radius 2 is 2.04 bits per heavy atom. The number of methoxy groups -OCH3 is 1. The Labute approximate surface area is 143 Å². The SMILES string of the molecule is CO[C@H]1C[C@@H](CN(C)c2cc(C)nc(-c3ccncc3)n2)N(C)C1. The molecule has 3 rings (SSSR count). The molecule has 0 aliphatic carbocycles. The number of anilines is 1. The van der Waals surface area contributed by atoms with Crippen LogP contribution in [-0.4, -0.2) is 66.3 Å². The summed E-state index contributed by atoms with van der Waals surface area (Å²) >= 11 is 0. The number of ether oxygens (including phenoxy) is 1. The van der Waals surface area contributed by atoms with E-state index in [1.54, 1.807) is 19.5 Å². The van der Waals surface area contributed by atoms with Gasteiger partial charge in [-0.2, -0.15) is 0 Å². The molecule has 24 heavy (non-hydrogen) atoms. The van der Waals surface area contributed by atoms with Crippen molar-refractivity contribution >= 4 is 5.82 Å². The largest absolute Gasteiger partial charge is 0.380 e. The lowest BCUT2D eigenvalue weighted by Crippen LogP contribution is -2.37. The first kappa shape index (κ1) is 16.8. The molecule has 0 radical (unpaired) electrons. The fourth-order valence-corrected chi connectivity index (χ4v) is 3.20. The minimum atomic E-state index is 0.327. The molecule has 0 unspecified atom stereocenters. The fraction of sp³-hybridized carbons (Fsp3) is 0.500. The molecule has 3 heterocycles. The van der Waals surface area contributed by atoms with Gasteiger partial charge < -0.3 is 9.64 Å². The van der Waals surface area contributed by atoms with Gasteiger partial charge in [-0.05, 0) is 32.5 Å². The predicted octanol–water partition coefficient (Wildman–Crippen LogP) is 2.00. The predicted molar refractivity (Wildman–Crippen MR) is 95.1 cm³/mol. The van der Waals surface area contributed by atoms with Gasteiger partial charge in [0.05, 0.1) is 6.10 Å². The number of aryl methyl sites for hydroxylation is 1. The minimum absolute atomic E-state index is 0.327. The highest BCUT2D eigenvalue weighted by Crippen LogP contribution is 2.22. The van der Waals surface area contributed by atoms with Crippen LogP contribution >= 0.6 is 0 Å². The molecule has 1 aliphatic rings. The van der Waals surface area contributed by atoms with E-state index in [9.17, 15) is 0 Å². The molecule has 6 heteroatoms. The standard InChI is InChI=1S/C18H25N5O/c1-13-9-17(21-18(20-13)14-5-7-19-8-6-14)23(3)11-15-10-16(24-4)12-22(15)2/h5-9,15-16H,10-12H2,1-4H3/t15-,16-/m0/s1. The van der Waals surface area contributed by atoms with Gasteiger partial charge in [-0.15, -0.1) is 0 Å².